The Morgan fingerprint density at radius 1 is 0.795 bits per heavy atom. The third-order valence-electron chi connectivity index (χ3n) is 6.40. The van der Waals surface area contributed by atoms with Gasteiger partial charge in [0, 0.05) is 12.3 Å². The van der Waals surface area contributed by atoms with Crippen LogP contribution in [0.3, 0.4) is 0 Å². The third-order valence-corrected chi connectivity index (χ3v) is 8.19. The van der Waals surface area contributed by atoms with Gasteiger partial charge >= 0.3 is 26.2 Å². The molecule has 0 radical (unpaired) electrons. The summed E-state index contributed by atoms with van der Waals surface area (Å²) in [5.41, 5.74) is 1.44. The molecule has 6 heteroatoms. The molecular formula is C33H43NO3SZr. The van der Waals surface area contributed by atoms with Gasteiger partial charge in [0.2, 0.25) is 0 Å². The Balaban J connectivity index is 0.000000529. The molecule has 208 valence electrons. The Labute approximate surface area is 256 Å². The van der Waals surface area contributed by atoms with Gasteiger partial charge in [0.25, 0.3) is 10.0 Å². The number of hydrogen-bond donors (Lipinski definition) is 0. The molecule has 0 N–H and O–H groups in total. The average Bonchev–Trinajstić information content (AvgIpc) is 3.72. The zero-order valence-corrected chi connectivity index (χ0v) is 26.6. The number of anilines is 1. The van der Waals surface area contributed by atoms with Crippen LogP contribution >= 0.6 is 0 Å². The topological polar surface area (TPSA) is 46.6 Å². The second-order valence-electron chi connectivity index (χ2n) is 9.36. The number of rotatable bonds is 8. The Morgan fingerprint density at radius 3 is 1.77 bits per heavy atom. The molecule has 2 aliphatic carbocycles. The minimum Gasteiger partial charge on any atom is -0.514 e. The van der Waals surface area contributed by atoms with Crippen LogP contribution in [-0.4, -0.2) is 15.0 Å². The first-order valence-corrected chi connectivity index (χ1v) is 14.9. The van der Waals surface area contributed by atoms with Crippen molar-refractivity contribution >= 4 is 15.7 Å². The molecule has 5 rings (SSSR count). The summed E-state index contributed by atoms with van der Waals surface area (Å²) in [5.74, 6) is 0.574. The molecule has 3 aromatic carbocycles. The minimum atomic E-state index is -3.72. The second-order valence-corrected chi connectivity index (χ2v) is 11.2. The van der Waals surface area contributed by atoms with Crippen LogP contribution in [0.1, 0.15) is 69.8 Å². The van der Waals surface area contributed by atoms with Gasteiger partial charge in [-0.2, -0.15) is 12.1 Å². The molecule has 0 bridgehead atoms. The van der Waals surface area contributed by atoms with Gasteiger partial charge in [-0.3, -0.25) is 4.31 Å². The first-order valence-electron chi connectivity index (χ1n) is 13.5. The fourth-order valence-electron chi connectivity index (χ4n) is 4.34. The summed E-state index contributed by atoms with van der Waals surface area (Å²) in [6.45, 7) is 4.22. The zero-order chi connectivity index (χ0) is 26.2. The molecular weight excluding hydrogens is 582 g/mol. The summed E-state index contributed by atoms with van der Waals surface area (Å²) >= 11 is 0. The largest absolute Gasteiger partial charge is 2.00 e. The molecule has 2 fully saturated rings. The SMILES string of the molecule is C1CCCC1.C1CCCC1.C=CCN(c1[c-]ccc(OCc2ccccc2)c1)S(=O)(=O)c1ccccc1.[CH3-].[Zr+2]. The summed E-state index contributed by atoms with van der Waals surface area (Å²) in [6.07, 6.45) is 16.5. The summed E-state index contributed by atoms with van der Waals surface area (Å²) in [6, 6.07) is 26.2. The van der Waals surface area contributed by atoms with Crippen molar-refractivity contribution in [2.24, 2.45) is 0 Å². The van der Waals surface area contributed by atoms with Crippen LogP contribution in [0.25, 0.3) is 0 Å². The van der Waals surface area contributed by atoms with Crippen molar-refractivity contribution in [3.8, 4) is 5.75 Å². The molecule has 0 saturated heterocycles. The van der Waals surface area contributed by atoms with Crippen molar-refractivity contribution in [1.29, 1.82) is 0 Å². The molecule has 2 saturated carbocycles. The Bertz CT molecular complexity index is 1120. The van der Waals surface area contributed by atoms with Crippen molar-refractivity contribution < 1.29 is 39.4 Å². The normalized spacial score (nSPS) is 13.7. The van der Waals surface area contributed by atoms with E-state index in [0.717, 1.165) is 5.56 Å². The van der Waals surface area contributed by atoms with E-state index >= 15 is 0 Å². The minimum absolute atomic E-state index is 0. The van der Waals surface area contributed by atoms with Crippen LogP contribution in [0.4, 0.5) is 5.69 Å². The summed E-state index contributed by atoms with van der Waals surface area (Å²) < 4.78 is 33.1. The van der Waals surface area contributed by atoms with E-state index < -0.39 is 10.0 Å². The van der Waals surface area contributed by atoms with Crippen LogP contribution < -0.4 is 9.04 Å². The Hall–Kier alpha value is -2.17. The molecule has 3 aromatic rings. The number of nitrogens with zero attached hydrogens (tertiary/aromatic N) is 1. The number of hydrogen-bond acceptors (Lipinski definition) is 3. The summed E-state index contributed by atoms with van der Waals surface area (Å²) in [4.78, 5) is 0.218. The van der Waals surface area contributed by atoms with E-state index in [1.54, 1.807) is 54.6 Å². The number of ether oxygens (including phenoxy) is 1. The molecule has 2 aliphatic rings. The van der Waals surface area contributed by atoms with Crippen LogP contribution in [-0.2, 0) is 42.8 Å². The van der Waals surface area contributed by atoms with Crippen LogP contribution in [0, 0.1) is 13.5 Å². The fraction of sp³-hybridized carbons (Fsp3) is 0.364. The third kappa shape index (κ3) is 12.3. The quantitative estimate of drug-likeness (QED) is 0.186. The van der Waals surface area contributed by atoms with Crippen LogP contribution in [0.15, 0.2) is 96.4 Å². The molecule has 0 spiro atoms. The van der Waals surface area contributed by atoms with E-state index in [1.807, 2.05) is 30.3 Å². The maximum atomic E-state index is 13.0. The summed E-state index contributed by atoms with van der Waals surface area (Å²) in [7, 11) is -3.72. The molecule has 0 amide bonds. The van der Waals surface area contributed by atoms with Gasteiger partial charge in [-0.1, -0.05) is 125 Å². The number of benzene rings is 3. The van der Waals surface area contributed by atoms with E-state index in [2.05, 4.69) is 12.6 Å². The van der Waals surface area contributed by atoms with Crippen molar-refractivity contribution in [3.05, 3.63) is 111 Å². The van der Waals surface area contributed by atoms with Gasteiger partial charge in [0.05, 0.1) is 4.90 Å². The van der Waals surface area contributed by atoms with E-state index in [0.29, 0.717) is 18.0 Å². The smallest absolute Gasteiger partial charge is 0.514 e. The summed E-state index contributed by atoms with van der Waals surface area (Å²) in [5, 5.41) is 0. The van der Waals surface area contributed by atoms with E-state index in [9.17, 15) is 8.42 Å². The second kappa shape index (κ2) is 19.8. The zero-order valence-electron chi connectivity index (χ0n) is 23.4. The van der Waals surface area contributed by atoms with Gasteiger partial charge < -0.3 is 12.2 Å². The van der Waals surface area contributed by atoms with E-state index in [1.165, 1.54) is 68.5 Å². The van der Waals surface area contributed by atoms with Crippen molar-refractivity contribution in [2.75, 3.05) is 10.8 Å². The molecule has 0 heterocycles. The van der Waals surface area contributed by atoms with Gasteiger partial charge in [0.1, 0.15) is 6.61 Å². The van der Waals surface area contributed by atoms with Crippen molar-refractivity contribution in [2.45, 2.75) is 75.7 Å². The molecule has 0 aromatic heterocycles. The fourth-order valence-corrected chi connectivity index (χ4v) is 5.76. The maximum absolute atomic E-state index is 13.0. The standard InChI is InChI=1S/C22H20NO3S.2C5H10.CH3.Zr/c1-2-16-23(27(24,25)22-14-7-4-8-15-22)20-12-9-13-21(17-20)26-18-19-10-5-3-6-11-19;2*1-2-4-5-3-1;;/h2-11,13-15,17H,1,16,18H2;2*1-5H2;1H3;/q-1;;;-1;+2. The number of sulfonamides is 1. The molecule has 0 atom stereocenters. The van der Waals surface area contributed by atoms with Gasteiger partial charge in [-0.05, 0) is 17.7 Å². The van der Waals surface area contributed by atoms with Gasteiger partial charge in [-0.15, -0.1) is 18.7 Å². The van der Waals surface area contributed by atoms with Crippen molar-refractivity contribution in [3.63, 3.8) is 0 Å². The molecule has 0 unspecified atom stereocenters. The van der Waals surface area contributed by atoms with Crippen molar-refractivity contribution in [1.82, 2.24) is 0 Å². The van der Waals surface area contributed by atoms with E-state index in [-0.39, 0.29) is 45.1 Å². The first kappa shape index (κ1) is 34.9. The molecule has 39 heavy (non-hydrogen) atoms. The predicted molar refractivity (Wildman–Crippen MR) is 160 cm³/mol. The van der Waals surface area contributed by atoms with Gasteiger partial charge in [-0.25, -0.2) is 8.42 Å². The average molecular weight is 625 g/mol. The maximum Gasteiger partial charge on any atom is 2.00 e. The predicted octanol–water partition coefficient (Wildman–Crippen LogP) is 8.80. The van der Waals surface area contributed by atoms with Crippen LogP contribution in [0.2, 0.25) is 0 Å². The van der Waals surface area contributed by atoms with E-state index in [4.69, 9.17) is 4.74 Å². The first-order chi connectivity index (χ1) is 18.1. The monoisotopic (exact) mass is 623 g/mol. The molecule has 4 nitrogen and oxygen atoms in total. The Morgan fingerprint density at radius 2 is 1.28 bits per heavy atom. The van der Waals surface area contributed by atoms with Crippen LogP contribution in [0.5, 0.6) is 5.75 Å². The van der Waals surface area contributed by atoms with Gasteiger partial charge in [0.15, 0.2) is 0 Å². The Kier molecular flexibility index (Phi) is 17.7. The molecule has 0 aliphatic heterocycles.